The van der Waals surface area contributed by atoms with Crippen LogP contribution >= 0.6 is 11.3 Å². The normalized spacial score (nSPS) is 13.2. The lowest BCUT2D eigenvalue weighted by atomic mass is 9.99. The summed E-state index contributed by atoms with van der Waals surface area (Å²) in [7, 11) is 0. The van der Waals surface area contributed by atoms with Gasteiger partial charge < -0.3 is 10.4 Å². The van der Waals surface area contributed by atoms with E-state index in [-0.39, 0.29) is 6.54 Å². The minimum Gasteiger partial charge on any atom is -0.384 e. The number of carbonyl (C=O) groups excluding carboxylic acids is 1. The molecule has 0 spiro atoms. The van der Waals surface area contributed by atoms with Crippen molar-refractivity contribution in [3.8, 4) is 5.69 Å². The highest BCUT2D eigenvalue weighted by molar-refractivity contribution is 7.08. The fourth-order valence-corrected chi connectivity index (χ4v) is 2.98. The lowest BCUT2D eigenvalue weighted by Gasteiger charge is -2.22. The van der Waals surface area contributed by atoms with E-state index in [1.165, 1.54) is 11.3 Å². The van der Waals surface area contributed by atoms with Gasteiger partial charge in [-0.1, -0.05) is 18.2 Å². The van der Waals surface area contributed by atoms with Crippen molar-refractivity contribution >= 4 is 23.2 Å². The van der Waals surface area contributed by atoms with Crippen molar-refractivity contribution in [2.75, 3.05) is 11.9 Å². The summed E-state index contributed by atoms with van der Waals surface area (Å²) in [6.45, 7) is 1.77. The molecule has 2 heterocycles. The standard InChI is InChI=1S/C17H18N4O2S/c1-17(23,13-8-10-24-11-13)12-18-16(22)19-15-7-9-21(20-15)14-5-3-2-4-6-14/h2-11,23H,12H2,1H3,(H2,18,19,20,22). The van der Waals surface area contributed by atoms with Crippen molar-refractivity contribution in [2.45, 2.75) is 12.5 Å². The average Bonchev–Trinajstić information content (AvgIpc) is 3.26. The molecule has 0 aliphatic heterocycles. The number of aromatic nitrogens is 2. The van der Waals surface area contributed by atoms with Crippen LogP contribution in [0.1, 0.15) is 12.5 Å². The zero-order valence-corrected chi connectivity index (χ0v) is 14.0. The minimum atomic E-state index is -1.11. The first-order valence-electron chi connectivity index (χ1n) is 7.46. The molecule has 0 aliphatic carbocycles. The second kappa shape index (κ2) is 6.86. The van der Waals surface area contributed by atoms with Crippen LogP contribution in [0, 0.1) is 0 Å². The van der Waals surface area contributed by atoms with E-state index >= 15 is 0 Å². The highest BCUT2D eigenvalue weighted by Gasteiger charge is 2.24. The van der Waals surface area contributed by atoms with E-state index in [9.17, 15) is 9.90 Å². The minimum absolute atomic E-state index is 0.106. The van der Waals surface area contributed by atoms with Gasteiger partial charge in [0, 0.05) is 12.3 Å². The number of hydrogen-bond acceptors (Lipinski definition) is 4. The summed E-state index contributed by atoms with van der Waals surface area (Å²) in [6, 6.07) is 12.8. The van der Waals surface area contributed by atoms with Gasteiger partial charge in [0.25, 0.3) is 0 Å². The first-order valence-corrected chi connectivity index (χ1v) is 8.40. The zero-order valence-electron chi connectivity index (χ0n) is 13.1. The highest BCUT2D eigenvalue weighted by atomic mass is 32.1. The first kappa shape index (κ1) is 16.2. The summed E-state index contributed by atoms with van der Waals surface area (Å²) in [5.41, 5.74) is 0.577. The third kappa shape index (κ3) is 3.81. The van der Waals surface area contributed by atoms with Crippen LogP contribution in [0.3, 0.4) is 0 Å². The van der Waals surface area contributed by atoms with E-state index in [2.05, 4.69) is 15.7 Å². The van der Waals surface area contributed by atoms with Crippen LogP contribution in [0.5, 0.6) is 0 Å². The highest BCUT2D eigenvalue weighted by Crippen LogP contribution is 2.22. The SMILES string of the molecule is CC(O)(CNC(=O)Nc1ccn(-c2ccccc2)n1)c1ccsc1. The van der Waals surface area contributed by atoms with Crippen LogP contribution < -0.4 is 10.6 Å². The van der Waals surface area contributed by atoms with Crippen LogP contribution in [0.4, 0.5) is 10.6 Å². The third-order valence-corrected chi connectivity index (χ3v) is 4.27. The first-order chi connectivity index (χ1) is 11.5. The third-order valence-electron chi connectivity index (χ3n) is 3.59. The maximum absolute atomic E-state index is 12.0. The largest absolute Gasteiger partial charge is 0.384 e. The van der Waals surface area contributed by atoms with Crippen molar-refractivity contribution in [2.24, 2.45) is 0 Å². The van der Waals surface area contributed by atoms with E-state index in [0.717, 1.165) is 11.3 Å². The number of benzene rings is 1. The van der Waals surface area contributed by atoms with Gasteiger partial charge >= 0.3 is 6.03 Å². The van der Waals surface area contributed by atoms with Gasteiger partial charge in [-0.25, -0.2) is 9.48 Å². The van der Waals surface area contributed by atoms with Crippen molar-refractivity contribution in [1.29, 1.82) is 0 Å². The maximum atomic E-state index is 12.0. The van der Waals surface area contributed by atoms with Gasteiger partial charge in [-0.3, -0.25) is 5.32 Å². The number of nitrogens with one attached hydrogen (secondary N) is 2. The molecule has 1 unspecified atom stereocenters. The molecule has 2 aromatic heterocycles. The molecule has 0 aliphatic rings. The molecular weight excluding hydrogens is 324 g/mol. The molecule has 124 valence electrons. The van der Waals surface area contributed by atoms with Gasteiger partial charge in [-0.15, -0.1) is 5.10 Å². The fourth-order valence-electron chi connectivity index (χ4n) is 2.20. The molecule has 3 N–H and O–H groups in total. The van der Waals surface area contributed by atoms with Crippen LogP contribution in [-0.4, -0.2) is 27.5 Å². The van der Waals surface area contributed by atoms with Gasteiger partial charge in [0.05, 0.1) is 12.2 Å². The monoisotopic (exact) mass is 342 g/mol. The number of urea groups is 1. The molecule has 3 rings (SSSR count). The predicted octanol–water partition coefficient (Wildman–Crippen LogP) is 2.96. The molecule has 6 nitrogen and oxygen atoms in total. The Hall–Kier alpha value is -2.64. The van der Waals surface area contributed by atoms with E-state index < -0.39 is 11.6 Å². The number of amides is 2. The quantitative estimate of drug-likeness (QED) is 0.667. The number of carbonyl (C=O) groups is 1. The number of para-hydroxylation sites is 1. The Morgan fingerprint density at radius 2 is 2.08 bits per heavy atom. The molecule has 24 heavy (non-hydrogen) atoms. The molecule has 0 saturated carbocycles. The number of hydrogen-bond donors (Lipinski definition) is 3. The van der Waals surface area contributed by atoms with Crippen molar-refractivity contribution < 1.29 is 9.90 Å². The molecule has 0 fully saturated rings. The van der Waals surface area contributed by atoms with Gasteiger partial charge in [-0.05, 0) is 41.4 Å². The molecular formula is C17H18N4O2S. The van der Waals surface area contributed by atoms with Crippen molar-refractivity contribution in [3.05, 3.63) is 65.0 Å². The Morgan fingerprint density at radius 1 is 1.29 bits per heavy atom. The number of thiophene rings is 1. The van der Waals surface area contributed by atoms with Gasteiger partial charge in [0.1, 0.15) is 5.60 Å². The van der Waals surface area contributed by atoms with Crippen LogP contribution in [0.25, 0.3) is 5.69 Å². The Morgan fingerprint density at radius 3 is 2.79 bits per heavy atom. The Bertz CT molecular complexity index is 797. The van der Waals surface area contributed by atoms with Gasteiger partial charge in [0.15, 0.2) is 5.82 Å². The second-order valence-corrected chi connectivity index (χ2v) is 6.35. The number of nitrogens with zero attached hydrogens (tertiary/aromatic N) is 2. The molecule has 3 aromatic rings. The average molecular weight is 342 g/mol. The number of rotatable bonds is 5. The Labute approximate surface area is 143 Å². The topological polar surface area (TPSA) is 79.2 Å². The number of aliphatic hydroxyl groups is 1. The summed E-state index contributed by atoms with van der Waals surface area (Å²) in [5.74, 6) is 0.437. The molecule has 0 radical (unpaired) electrons. The summed E-state index contributed by atoms with van der Waals surface area (Å²) in [6.07, 6.45) is 1.77. The molecule has 0 saturated heterocycles. The molecule has 0 bridgehead atoms. The zero-order chi connectivity index (χ0) is 17.0. The van der Waals surface area contributed by atoms with Crippen molar-refractivity contribution in [3.63, 3.8) is 0 Å². The van der Waals surface area contributed by atoms with E-state index in [1.807, 2.05) is 47.2 Å². The van der Waals surface area contributed by atoms with E-state index in [0.29, 0.717) is 5.82 Å². The smallest absolute Gasteiger partial charge is 0.320 e. The number of anilines is 1. The summed E-state index contributed by atoms with van der Waals surface area (Å²) >= 11 is 1.50. The van der Waals surface area contributed by atoms with Crippen molar-refractivity contribution in [1.82, 2.24) is 15.1 Å². The van der Waals surface area contributed by atoms with E-state index in [1.54, 1.807) is 23.9 Å². The van der Waals surface area contributed by atoms with Gasteiger partial charge in [-0.2, -0.15) is 11.3 Å². The second-order valence-electron chi connectivity index (χ2n) is 5.57. The Balaban J connectivity index is 1.57. The van der Waals surface area contributed by atoms with Gasteiger partial charge in [0.2, 0.25) is 0 Å². The maximum Gasteiger partial charge on any atom is 0.320 e. The lowest BCUT2D eigenvalue weighted by molar-refractivity contribution is 0.0604. The summed E-state index contributed by atoms with van der Waals surface area (Å²) in [5, 5.41) is 23.8. The summed E-state index contributed by atoms with van der Waals surface area (Å²) in [4.78, 5) is 12.0. The molecule has 1 atom stereocenters. The predicted molar refractivity (Wildman–Crippen MR) is 94.5 cm³/mol. The van der Waals surface area contributed by atoms with E-state index in [4.69, 9.17) is 0 Å². The Kier molecular flexibility index (Phi) is 4.64. The fraction of sp³-hybridized carbons (Fsp3) is 0.176. The molecule has 2 amide bonds. The van der Waals surface area contributed by atoms with Crippen LogP contribution in [0.15, 0.2) is 59.4 Å². The lowest BCUT2D eigenvalue weighted by Crippen LogP contribution is -2.40. The molecule has 1 aromatic carbocycles. The molecule has 7 heteroatoms. The van der Waals surface area contributed by atoms with Crippen LogP contribution in [-0.2, 0) is 5.60 Å². The summed E-state index contributed by atoms with van der Waals surface area (Å²) < 4.78 is 1.68. The van der Waals surface area contributed by atoms with Crippen LogP contribution in [0.2, 0.25) is 0 Å².